The molecule has 1 heterocycles. The van der Waals surface area contributed by atoms with E-state index >= 15 is 0 Å². The van der Waals surface area contributed by atoms with Crippen LogP contribution in [0.15, 0.2) is 30.3 Å². The summed E-state index contributed by atoms with van der Waals surface area (Å²) in [6.07, 6.45) is 1.12. The van der Waals surface area contributed by atoms with Gasteiger partial charge in [0.15, 0.2) is 0 Å². The van der Waals surface area contributed by atoms with Crippen LogP contribution in [0.25, 0.3) is 0 Å². The van der Waals surface area contributed by atoms with E-state index in [1.165, 1.54) is 7.11 Å². The third-order valence-corrected chi connectivity index (χ3v) is 3.39. The first-order valence-electron chi connectivity index (χ1n) is 6.70. The van der Waals surface area contributed by atoms with Gasteiger partial charge in [0.05, 0.1) is 19.6 Å². The van der Waals surface area contributed by atoms with E-state index < -0.39 is 12.0 Å². The first kappa shape index (κ1) is 14.5. The van der Waals surface area contributed by atoms with Crippen LogP contribution in [0, 0.1) is 5.92 Å². The largest absolute Gasteiger partial charge is 0.467 e. The maximum Gasteiger partial charge on any atom is 0.328 e. The minimum Gasteiger partial charge on any atom is -0.467 e. The highest BCUT2D eigenvalue weighted by Crippen LogP contribution is 2.13. The van der Waals surface area contributed by atoms with Crippen LogP contribution in [-0.2, 0) is 25.5 Å². The molecular weight excluding hydrogens is 258 g/mol. The average Bonchev–Trinajstić information content (AvgIpc) is 3.01. The van der Waals surface area contributed by atoms with Crippen LogP contribution in [-0.4, -0.2) is 38.2 Å². The van der Waals surface area contributed by atoms with Gasteiger partial charge in [-0.3, -0.25) is 4.79 Å². The van der Waals surface area contributed by atoms with E-state index in [-0.39, 0.29) is 11.8 Å². The summed E-state index contributed by atoms with van der Waals surface area (Å²) in [5.41, 5.74) is 0.978. The Labute approximate surface area is 118 Å². The minimum absolute atomic E-state index is 0.145. The van der Waals surface area contributed by atoms with Crippen LogP contribution in [0.3, 0.4) is 0 Å². The number of ether oxygens (including phenoxy) is 2. The van der Waals surface area contributed by atoms with Crippen LogP contribution < -0.4 is 5.32 Å². The monoisotopic (exact) mass is 277 g/mol. The lowest BCUT2D eigenvalue weighted by atomic mass is 10.0. The molecule has 1 aromatic rings. The molecule has 0 radical (unpaired) electrons. The summed E-state index contributed by atoms with van der Waals surface area (Å²) in [5.74, 6) is -0.743. The van der Waals surface area contributed by atoms with Gasteiger partial charge in [-0.05, 0) is 12.0 Å². The molecule has 1 aliphatic rings. The second kappa shape index (κ2) is 7.05. The second-order valence-electron chi connectivity index (χ2n) is 4.83. The topological polar surface area (TPSA) is 64.6 Å². The molecule has 2 atom stereocenters. The van der Waals surface area contributed by atoms with Crippen molar-refractivity contribution >= 4 is 11.9 Å². The molecule has 1 aromatic carbocycles. The van der Waals surface area contributed by atoms with Crippen molar-refractivity contribution in [1.82, 2.24) is 5.32 Å². The number of nitrogens with one attached hydrogen (secondary N) is 1. The molecule has 1 N–H and O–H groups in total. The molecule has 1 fully saturated rings. The van der Waals surface area contributed by atoms with E-state index in [0.29, 0.717) is 26.1 Å². The SMILES string of the molecule is COC(=O)[C@@H](Cc1ccccc1)NC(=O)[C@@H]1CCOC1. The molecule has 0 unspecified atom stereocenters. The Morgan fingerprint density at radius 2 is 2.15 bits per heavy atom. The van der Waals surface area contributed by atoms with Gasteiger partial charge in [-0.1, -0.05) is 30.3 Å². The van der Waals surface area contributed by atoms with Crippen LogP contribution in [0.4, 0.5) is 0 Å². The number of benzene rings is 1. The van der Waals surface area contributed by atoms with Gasteiger partial charge < -0.3 is 14.8 Å². The highest BCUT2D eigenvalue weighted by molar-refractivity contribution is 5.86. The Morgan fingerprint density at radius 3 is 2.75 bits per heavy atom. The molecule has 108 valence electrons. The molecule has 1 saturated heterocycles. The zero-order valence-electron chi connectivity index (χ0n) is 11.5. The number of carbonyl (C=O) groups excluding carboxylic acids is 2. The van der Waals surface area contributed by atoms with Gasteiger partial charge in [0, 0.05) is 13.0 Å². The number of hydrogen-bond donors (Lipinski definition) is 1. The predicted molar refractivity (Wildman–Crippen MR) is 73.0 cm³/mol. The standard InChI is InChI=1S/C15H19NO4/c1-19-15(18)13(9-11-5-3-2-4-6-11)16-14(17)12-7-8-20-10-12/h2-6,12-13H,7-10H2,1H3,(H,16,17)/t12-,13-/m1/s1. The number of rotatable bonds is 5. The van der Waals surface area contributed by atoms with Gasteiger partial charge in [0.1, 0.15) is 6.04 Å². The lowest BCUT2D eigenvalue weighted by Gasteiger charge is -2.18. The fourth-order valence-electron chi connectivity index (χ4n) is 2.22. The third-order valence-electron chi connectivity index (χ3n) is 3.39. The van der Waals surface area contributed by atoms with Crippen molar-refractivity contribution < 1.29 is 19.1 Å². The van der Waals surface area contributed by atoms with Gasteiger partial charge in [0.25, 0.3) is 0 Å². The minimum atomic E-state index is -0.657. The van der Waals surface area contributed by atoms with Crippen molar-refractivity contribution in [3.8, 4) is 0 Å². The van der Waals surface area contributed by atoms with Gasteiger partial charge in [-0.25, -0.2) is 4.79 Å². The van der Waals surface area contributed by atoms with Crippen LogP contribution in [0.2, 0.25) is 0 Å². The zero-order chi connectivity index (χ0) is 14.4. The third kappa shape index (κ3) is 3.81. The molecule has 1 aliphatic heterocycles. The summed E-state index contributed by atoms with van der Waals surface area (Å²) < 4.78 is 9.95. The molecule has 0 bridgehead atoms. The highest BCUT2D eigenvalue weighted by Gasteiger charge is 2.28. The lowest BCUT2D eigenvalue weighted by molar-refractivity contribution is -0.145. The van der Waals surface area contributed by atoms with E-state index in [1.807, 2.05) is 30.3 Å². The van der Waals surface area contributed by atoms with Crippen LogP contribution in [0.1, 0.15) is 12.0 Å². The van der Waals surface area contributed by atoms with Gasteiger partial charge in [-0.15, -0.1) is 0 Å². The fourth-order valence-corrected chi connectivity index (χ4v) is 2.22. The Morgan fingerprint density at radius 1 is 1.40 bits per heavy atom. The first-order chi connectivity index (χ1) is 9.70. The summed E-state index contributed by atoms with van der Waals surface area (Å²) in [7, 11) is 1.32. The Kier molecular flexibility index (Phi) is 5.12. The smallest absolute Gasteiger partial charge is 0.328 e. The Bertz CT molecular complexity index is 454. The van der Waals surface area contributed by atoms with E-state index in [9.17, 15) is 9.59 Å². The first-order valence-corrected chi connectivity index (χ1v) is 6.70. The summed E-state index contributed by atoms with van der Waals surface area (Å²) in [6, 6.07) is 8.88. The molecule has 0 aromatic heterocycles. The summed E-state index contributed by atoms with van der Waals surface area (Å²) in [5, 5.41) is 2.76. The lowest BCUT2D eigenvalue weighted by Crippen LogP contribution is -2.45. The summed E-state index contributed by atoms with van der Waals surface area (Å²) in [6.45, 7) is 1.02. The Hall–Kier alpha value is -1.88. The van der Waals surface area contributed by atoms with Crippen molar-refractivity contribution in [3.05, 3.63) is 35.9 Å². The summed E-state index contributed by atoms with van der Waals surface area (Å²) in [4.78, 5) is 23.9. The number of carbonyl (C=O) groups is 2. The zero-order valence-corrected chi connectivity index (χ0v) is 11.5. The molecule has 5 heteroatoms. The number of amides is 1. The maximum absolute atomic E-state index is 12.1. The maximum atomic E-state index is 12.1. The number of esters is 1. The normalized spacial score (nSPS) is 19.4. The van der Waals surface area contributed by atoms with Crippen molar-refractivity contribution in [3.63, 3.8) is 0 Å². The Balaban J connectivity index is 2.00. The average molecular weight is 277 g/mol. The number of methoxy groups -OCH3 is 1. The van der Waals surface area contributed by atoms with Crippen molar-refractivity contribution in [2.24, 2.45) is 5.92 Å². The predicted octanol–water partition coefficient (Wildman–Crippen LogP) is 0.923. The fraction of sp³-hybridized carbons (Fsp3) is 0.467. The summed E-state index contributed by atoms with van der Waals surface area (Å²) >= 11 is 0. The van der Waals surface area contributed by atoms with Crippen molar-refractivity contribution in [2.45, 2.75) is 18.9 Å². The van der Waals surface area contributed by atoms with E-state index in [1.54, 1.807) is 0 Å². The van der Waals surface area contributed by atoms with Gasteiger partial charge in [0.2, 0.25) is 5.91 Å². The molecular formula is C15H19NO4. The van der Waals surface area contributed by atoms with Gasteiger partial charge in [-0.2, -0.15) is 0 Å². The molecule has 5 nitrogen and oxygen atoms in total. The second-order valence-corrected chi connectivity index (χ2v) is 4.83. The molecule has 2 rings (SSSR count). The van der Waals surface area contributed by atoms with Crippen LogP contribution >= 0.6 is 0 Å². The molecule has 0 saturated carbocycles. The van der Waals surface area contributed by atoms with Crippen molar-refractivity contribution in [1.29, 1.82) is 0 Å². The molecule has 1 amide bonds. The van der Waals surface area contributed by atoms with Crippen molar-refractivity contribution in [2.75, 3.05) is 20.3 Å². The van der Waals surface area contributed by atoms with E-state index in [4.69, 9.17) is 9.47 Å². The molecule has 20 heavy (non-hydrogen) atoms. The quantitative estimate of drug-likeness (QED) is 0.813. The molecule has 0 spiro atoms. The van der Waals surface area contributed by atoms with Crippen LogP contribution in [0.5, 0.6) is 0 Å². The van der Waals surface area contributed by atoms with Gasteiger partial charge >= 0.3 is 5.97 Å². The van der Waals surface area contributed by atoms with E-state index in [0.717, 1.165) is 5.56 Å². The number of hydrogen-bond acceptors (Lipinski definition) is 4. The van der Waals surface area contributed by atoms with E-state index in [2.05, 4.69) is 5.32 Å². The molecule has 0 aliphatic carbocycles. The highest BCUT2D eigenvalue weighted by atomic mass is 16.5.